The van der Waals surface area contributed by atoms with Crippen molar-refractivity contribution >= 4 is 28.6 Å². The van der Waals surface area contributed by atoms with Crippen LogP contribution in [-0.4, -0.2) is 52.9 Å². The molecule has 2 heterocycles. The Kier molecular flexibility index (Phi) is 4.80. The first kappa shape index (κ1) is 14.4. The smallest absolute Gasteiger partial charge is 0.228 e. The molecule has 0 aromatic heterocycles. The van der Waals surface area contributed by atoms with E-state index in [1.165, 1.54) is 12.8 Å². The Balaban J connectivity index is 1.89. The van der Waals surface area contributed by atoms with Crippen molar-refractivity contribution in [2.75, 3.05) is 31.9 Å². The predicted molar refractivity (Wildman–Crippen MR) is 91.5 cm³/mol. The van der Waals surface area contributed by atoms with Gasteiger partial charge in [0, 0.05) is 31.9 Å². The molecule has 2 fully saturated rings. The normalized spacial score (nSPS) is 21.6. The number of nitrogens with zero attached hydrogens (tertiary/aromatic N) is 4. The van der Waals surface area contributed by atoms with E-state index in [0.29, 0.717) is 0 Å². The van der Waals surface area contributed by atoms with Crippen LogP contribution in [0.25, 0.3) is 0 Å². The summed E-state index contributed by atoms with van der Waals surface area (Å²) in [6.45, 7) is 6.44. The lowest BCUT2D eigenvalue weighted by Crippen LogP contribution is -2.30. The Bertz CT molecular complexity index is 520. The lowest BCUT2D eigenvalue weighted by molar-refractivity contribution is 0.484. The van der Waals surface area contributed by atoms with E-state index in [2.05, 4.69) is 16.7 Å². The number of hydrogen-bond acceptors (Lipinski definition) is 2. The number of benzene rings is 1. The second-order valence-electron chi connectivity index (χ2n) is 5.26. The minimum Gasteiger partial charge on any atom is -0.351 e. The van der Waals surface area contributed by atoms with Gasteiger partial charge in [-0.05, 0) is 31.9 Å². The first-order valence-electron chi connectivity index (χ1n) is 7.72. The molecule has 5 heteroatoms. The summed E-state index contributed by atoms with van der Waals surface area (Å²) < 4.78 is 0. The van der Waals surface area contributed by atoms with Crippen LogP contribution < -0.4 is 0 Å². The van der Waals surface area contributed by atoms with Crippen molar-refractivity contribution in [2.24, 2.45) is 9.98 Å². The molecule has 0 unspecified atom stereocenters. The van der Waals surface area contributed by atoms with Crippen LogP contribution in [0.2, 0.25) is 0 Å². The van der Waals surface area contributed by atoms with E-state index in [4.69, 9.17) is 9.98 Å². The SMILES string of the molecule is CCN1CCSC1=NC(=Nc1ccccc1)N1CCCC1. The van der Waals surface area contributed by atoms with Crippen LogP contribution in [0.3, 0.4) is 0 Å². The number of hydrogen-bond donors (Lipinski definition) is 0. The molecule has 2 aliphatic rings. The van der Waals surface area contributed by atoms with Crippen molar-refractivity contribution in [3.05, 3.63) is 30.3 Å². The van der Waals surface area contributed by atoms with Crippen LogP contribution in [0.4, 0.5) is 5.69 Å². The summed E-state index contributed by atoms with van der Waals surface area (Å²) >= 11 is 1.84. The van der Waals surface area contributed by atoms with Crippen LogP contribution in [0.5, 0.6) is 0 Å². The van der Waals surface area contributed by atoms with Gasteiger partial charge in [-0.3, -0.25) is 0 Å². The highest BCUT2D eigenvalue weighted by atomic mass is 32.2. The molecular formula is C16H22N4S. The predicted octanol–water partition coefficient (Wildman–Crippen LogP) is 3.19. The van der Waals surface area contributed by atoms with Crippen LogP contribution in [0.1, 0.15) is 19.8 Å². The Labute approximate surface area is 131 Å². The van der Waals surface area contributed by atoms with E-state index in [1.54, 1.807) is 0 Å². The van der Waals surface area contributed by atoms with Crippen LogP contribution in [0, 0.1) is 0 Å². The lowest BCUT2D eigenvalue weighted by Gasteiger charge is -2.19. The summed E-state index contributed by atoms with van der Waals surface area (Å²) in [4.78, 5) is 14.3. The molecule has 1 aromatic rings. The highest BCUT2D eigenvalue weighted by Gasteiger charge is 2.21. The molecule has 0 amide bonds. The fourth-order valence-corrected chi connectivity index (χ4v) is 3.66. The van der Waals surface area contributed by atoms with Crippen molar-refractivity contribution in [2.45, 2.75) is 19.8 Å². The standard InChI is InChI=1S/C16H22N4S/c1-2-19-12-13-21-16(19)18-15(20-10-6-7-11-20)17-14-8-4-3-5-9-14/h3-5,8-9H,2,6-7,10-13H2,1H3. The monoisotopic (exact) mass is 302 g/mol. The Morgan fingerprint density at radius 1 is 1.14 bits per heavy atom. The van der Waals surface area contributed by atoms with Gasteiger partial charge in [-0.2, -0.15) is 4.99 Å². The number of guanidine groups is 1. The molecule has 0 atom stereocenters. The summed E-state index contributed by atoms with van der Waals surface area (Å²) in [5, 5.41) is 1.12. The van der Waals surface area contributed by atoms with Crippen LogP contribution in [-0.2, 0) is 0 Å². The zero-order chi connectivity index (χ0) is 14.5. The van der Waals surface area contributed by atoms with Crippen molar-refractivity contribution in [1.29, 1.82) is 0 Å². The first-order chi connectivity index (χ1) is 10.4. The molecule has 0 bridgehead atoms. The Morgan fingerprint density at radius 3 is 2.62 bits per heavy atom. The quantitative estimate of drug-likeness (QED) is 0.621. The zero-order valence-electron chi connectivity index (χ0n) is 12.5. The summed E-state index contributed by atoms with van der Waals surface area (Å²) in [6, 6.07) is 10.1. The van der Waals surface area contributed by atoms with E-state index in [9.17, 15) is 0 Å². The van der Waals surface area contributed by atoms with Crippen molar-refractivity contribution < 1.29 is 0 Å². The van der Waals surface area contributed by atoms with E-state index in [-0.39, 0.29) is 0 Å². The lowest BCUT2D eigenvalue weighted by atomic mass is 10.3. The van der Waals surface area contributed by atoms with Crippen LogP contribution in [0.15, 0.2) is 40.3 Å². The molecule has 3 rings (SSSR count). The van der Waals surface area contributed by atoms with Gasteiger partial charge in [-0.15, -0.1) is 0 Å². The minimum absolute atomic E-state index is 0.876. The van der Waals surface area contributed by atoms with Gasteiger partial charge in [-0.1, -0.05) is 30.0 Å². The number of thioether (sulfide) groups is 1. The number of rotatable bonds is 2. The van der Waals surface area contributed by atoms with Crippen LogP contribution >= 0.6 is 11.8 Å². The van der Waals surface area contributed by atoms with Crippen molar-refractivity contribution in [3.8, 4) is 0 Å². The average Bonchev–Trinajstić information content (AvgIpc) is 3.19. The fraction of sp³-hybridized carbons (Fsp3) is 0.500. The van der Waals surface area contributed by atoms with Gasteiger partial charge in [0.25, 0.3) is 0 Å². The molecule has 0 aliphatic carbocycles. The van der Waals surface area contributed by atoms with Gasteiger partial charge in [0.05, 0.1) is 5.69 Å². The van der Waals surface area contributed by atoms with Crippen molar-refractivity contribution in [1.82, 2.24) is 9.80 Å². The number of aliphatic imine (C=N–C) groups is 2. The highest BCUT2D eigenvalue weighted by molar-refractivity contribution is 8.14. The van der Waals surface area contributed by atoms with Gasteiger partial charge in [-0.25, -0.2) is 4.99 Å². The molecule has 0 N–H and O–H groups in total. The molecule has 1 aromatic carbocycles. The first-order valence-corrected chi connectivity index (χ1v) is 8.70. The summed E-state index contributed by atoms with van der Waals surface area (Å²) in [7, 11) is 0. The van der Waals surface area contributed by atoms with E-state index < -0.39 is 0 Å². The third kappa shape index (κ3) is 3.59. The maximum atomic E-state index is 4.89. The summed E-state index contributed by atoms with van der Waals surface area (Å²) in [5.74, 6) is 2.01. The number of amidine groups is 1. The summed E-state index contributed by atoms with van der Waals surface area (Å²) in [6.07, 6.45) is 2.48. The maximum Gasteiger partial charge on any atom is 0.228 e. The molecule has 2 saturated heterocycles. The third-order valence-corrected chi connectivity index (χ3v) is 4.81. The van der Waals surface area contributed by atoms with Gasteiger partial charge in [0.15, 0.2) is 5.17 Å². The van der Waals surface area contributed by atoms with E-state index in [1.807, 2.05) is 42.1 Å². The molecule has 0 spiro atoms. The highest BCUT2D eigenvalue weighted by Crippen LogP contribution is 2.21. The average molecular weight is 302 g/mol. The minimum atomic E-state index is 0.876. The molecule has 112 valence electrons. The van der Waals surface area contributed by atoms with Gasteiger partial charge >= 0.3 is 0 Å². The molecular weight excluding hydrogens is 280 g/mol. The second kappa shape index (κ2) is 6.98. The third-order valence-electron chi connectivity index (χ3n) is 3.81. The fourth-order valence-electron chi connectivity index (χ4n) is 2.62. The Hall–Kier alpha value is -1.49. The van der Waals surface area contributed by atoms with Gasteiger partial charge in [0.1, 0.15) is 0 Å². The summed E-state index contributed by atoms with van der Waals surface area (Å²) in [5.41, 5.74) is 0.981. The van der Waals surface area contributed by atoms with E-state index in [0.717, 1.165) is 48.7 Å². The molecule has 21 heavy (non-hydrogen) atoms. The molecule has 0 radical (unpaired) electrons. The number of para-hydroxylation sites is 1. The topological polar surface area (TPSA) is 31.2 Å². The molecule has 2 aliphatic heterocycles. The largest absolute Gasteiger partial charge is 0.351 e. The zero-order valence-corrected chi connectivity index (χ0v) is 13.4. The second-order valence-corrected chi connectivity index (χ2v) is 6.33. The number of likely N-dealkylation sites (tertiary alicyclic amines) is 1. The van der Waals surface area contributed by atoms with Crippen molar-refractivity contribution in [3.63, 3.8) is 0 Å². The Morgan fingerprint density at radius 2 is 1.90 bits per heavy atom. The van der Waals surface area contributed by atoms with Gasteiger partial charge in [0.2, 0.25) is 5.96 Å². The van der Waals surface area contributed by atoms with Gasteiger partial charge < -0.3 is 9.80 Å². The van der Waals surface area contributed by atoms with E-state index >= 15 is 0 Å². The molecule has 4 nitrogen and oxygen atoms in total. The molecule has 0 saturated carbocycles. The maximum absolute atomic E-state index is 4.89.